The number of benzene rings is 2. The third-order valence-electron chi connectivity index (χ3n) is 5.05. The molecule has 0 unspecified atom stereocenters. The molecule has 2 heterocycles. The number of piperazine rings is 1. The second-order valence-electron chi connectivity index (χ2n) is 7.01. The highest BCUT2D eigenvalue weighted by molar-refractivity contribution is 5.55. The normalized spacial score (nSPS) is 14.6. The van der Waals surface area contributed by atoms with Crippen LogP contribution in [0.3, 0.4) is 0 Å². The summed E-state index contributed by atoms with van der Waals surface area (Å²) in [6, 6.07) is 14.3. The van der Waals surface area contributed by atoms with E-state index in [0.717, 1.165) is 43.2 Å². The van der Waals surface area contributed by atoms with E-state index < -0.39 is 0 Å². The zero-order valence-electron chi connectivity index (χ0n) is 16.7. The molecule has 0 bridgehead atoms. The van der Waals surface area contributed by atoms with Crippen molar-refractivity contribution in [1.29, 1.82) is 0 Å². The Labute approximate surface area is 174 Å². The number of hydrogen-bond acceptors (Lipinski definition) is 8. The Hall–Kier alpha value is -3.46. The first-order chi connectivity index (χ1) is 14.6. The Balaban J connectivity index is 1.31. The van der Waals surface area contributed by atoms with Crippen LogP contribution in [0.15, 0.2) is 53.1 Å². The first kappa shape index (κ1) is 19.8. The molecule has 0 N–H and O–H groups in total. The maximum absolute atomic E-state index is 10.8. The highest BCUT2D eigenvalue weighted by atomic mass is 16.6. The third kappa shape index (κ3) is 4.57. The molecule has 1 fully saturated rings. The van der Waals surface area contributed by atoms with Crippen LogP contribution >= 0.6 is 0 Å². The van der Waals surface area contributed by atoms with Crippen LogP contribution in [0.2, 0.25) is 0 Å². The minimum Gasteiger partial charge on any atom is -0.494 e. The minimum atomic E-state index is -0.381. The number of nitro groups is 1. The minimum absolute atomic E-state index is 0.108. The van der Waals surface area contributed by atoms with Crippen LogP contribution in [0.25, 0.3) is 11.4 Å². The Morgan fingerprint density at radius 2 is 1.77 bits per heavy atom. The number of nitrogens with zero attached hydrogens (tertiary/aromatic N) is 5. The molecular weight excluding hydrogens is 386 g/mol. The Bertz CT molecular complexity index is 979. The summed E-state index contributed by atoms with van der Waals surface area (Å²) in [5.41, 5.74) is 1.99. The number of ether oxygens (including phenoxy) is 1. The van der Waals surface area contributed by atoms with E-state index in [1.54, 1.807) is 24.3 Å². The topological polar surface area (TPSA) is 97.8 Å². The first-order valence-electron chi connectivity index (χ1n) is 9.90. The van der Waals surface area contributed by atoms with Crippen LogP contribution in [0.4, 0.5) is 11.4 Å². The summed E-state index contributed by atoms with van der Waals surface area (Å²) in [5.74, 6) is 1.97. The quantitative estimate of drug-likeness (QED) is 0.433. The average Bonchev–Trinajstić information content (AvgIpc) is 3.23. The van der Waals surface area contributed by atoms with E-state index in [1.165, 1.54) is 0 Å². The van der Waals surface area contributed by atoms with Crippen LogP contribution in [0.5, 0.6) is 5.75 Å². The fraction of sp³-hybridized carbons (Fsp3) is 0.333. The van der Waals surface area contributed by atoms with Gasteiger partial charge >= 0.3 is 0 Å². The predicted molar refractivity (Wildman–Crippen MR) is 111 cm³/mol. The van der Waals surface area contributed by atoms with Gasteiger partial charge in [0.1, 0.15) is 5.75 Å². The summed E-state index contributed by atoms with van der Waals surface area (Å²) in [6.45, 7) is 6.53. The summed E-state index contributed by atoms with van der Waals surface area (Å²) in [6.07, 6.45) is 0. The van der Waals surface area contributed by atoms with Crippen molar-refractivity contribution < 1.29 is 14.2 Å². The van der Waals surface area contributed by atoms with Gasteiger partial charge in [0, 0.05) is 49.6 Å². The van der Waals surface area contributed by atoms with Crippen LogP contribution in [-0.2, 0) is 6.54 Å². The lowest BCUT2D eigenvalue weighted by molar-refractivity contribution is -0.384. The van der Waals surface area contributed by atoms with E-state index in [4.69, 9.17) is 9.26 Å². The fourth-order valence-electron chi connectivity index (χ4n) is 3.44. The molecule has 9 nitrogen and oxygen atoms in total. The highest BCUT2D eigenvalue weighted by Crippen LogP contribution is 2.22. The monoisotopic (exact) mass is 409 g/mol. The molecule has 1 aromatic heterocycles. The molecular formula is C21H23N5O4. The van der Waals surface area contributed by atoms with Gasteiger partial charge in [0.15, 0.2) is 0 Å². The summed E-state index contributed by atoms with van der Waals surface area (Å²) >= 11 is 0. The highest BCUT2D eigenvalue weighted by Gasteiger charge is 2.20. The first-order valence-corrected chi connectivity index (χ1v) is 9.90. The van der Waals surface area contributed by atoms with Crippen LogP contribution < -0.4 is 9.64 Å². The molecule has 0 saturated carbocycles. The Morgan fingerprint density at radius 1 is 1.07 bits per heavy atom. The lowest BCUT2D eigenvalue weighted by Gasteiger charge is -2.35. The van der Waals surface area contributed by atoms with Crippen molar-refractivity contribution >= 4 is 11.4 Å². The second kappa shape index (κ2) is 8.91. The Morgan fingerprint density at radius 3 is 2.40 bits per heavy atom. The maximum Gasteiger partial charge on any atom is 0.269 e. The van der Waals surface area contributed by atoms with Crippen LogP contribution in [0.1, 0.15) is 12.8 Å². The lowest BCUT2D eigenvalue weighted by atomic mass is 10.2. The summed E-state index contributed by atoms with van der Waals surface area (Å²) in [4.78, 5) is 19.4. The number of rotatable bonds is 7. The molecule has 3 aromatic rings. The van der Waals surface area contributed by atoms with Gasteiger partial charge in [-0.1, -0.05) is 5.16 Å². The van der Waals surface area contributed by atoms with Gasteiger partial charge in [-0.15, -0.1) is 0 Å². The van der Waals surface area contributed by atoms with E-state index in [9.17, 15) is 10.1 Å². The number of anilines is 1. The van der Waals surface area contributed by atoms with Gasteiger partial charge in [0.25, 0.3) is 5.69 Å². The Kier molecular flexibility index (Phi) is 5.89. The molecule has 9 heteroatoms. The van der Waals surface area contributed by atoms with E-state index in [1.807, 2.05) is 31.2 Å². The number of aromatic nitrogens is 2. The molecule has 156 valence electrons. The number of hydrogen-bond donors (Lipinski definition) is 0. The van der Waals surface area contributed by atoms with Crippen molar-refractivity contribution in [2.75, 3.05) is 37.7 Å². The zero-order valence-corrected chi connectivity index (χ0v) is 16.7. The SMILES string of the molecule is CCOc1ccc(-c2noc(CN3CCN(c4ccc([N+](=O)[O-])cc4)CC3)n2)cc1. The third-order valence-corrected chi connectivity index (χ3v) is 5.05. The van der Waals surface area contributed by atoms with E-state index in [2.05, 4.69) is 19.9 Å². The molecule has 0 radical (unpaired) electrons. The van der Waals surface area contributed by atoms with Crippen molar-refractivity contribution in [1.82, 2.24) is 15.0 Å². The lowest BCUT2D eigenvalue weighted by Crippen LogP contribution is -2.46. The molecule has 0 aliphatic carbocycles. The van der Waals surface area contributed by atoms with Gasteiger partial charge in [-0.25, -0.2) is 0 Å². The summed E-state index contributed by atoms with van der Waals surface area (Å²) < 4.78 is 10.9. The van der Waals surface area contributed by atoms with Crippen LogP contribution in [-0.4, -0.2) is 52.7 Å². The molecule has 2 aromatic carbocycles. The van der Waals surface area contributed by atoms with Crippen molar-refractivity contribution in [3.05, 3.63) is 64.5 Å². The fourth-order valence-corrected chi connectivity index (χ4v) is 3.44. The van der Waals surface area contributed by atoms with E-state index in [0.29, 0.717) is 24.9 Å². The molecule has 0 atom stereocenters. The maximum atomic E-state index is 10.8. The largest absolute Gasteiger partial charge is 0.494 e. The van der Waals surface area contributed by atoms with Crippen molar-refractivity contribution in [3.8, 4) is 17.1 Å². The van der Waals surface area contributed by atoms with Gasteiger partial charge in [0.2, 0.25) is 11.7 Å². The predicted octanol–water partition coefficient (Wildman–Crippen LogP) is 3.37. The molecule has 1 aliphatic heterocycles. The molecule has 0 spiro atoms. The van der Waals surface area contributed by atoms with Gasteiger partial charge in [-0.2, -0.15) is 4.98 Å². The molecule has 30 heavy (non-hydrogen) atoms. The van der Waals surface area contributed by atoms with Crippen LogP contribution in [0, 0.1) is 10.1 Å². The van der Waals surface area contributed by atoms with Gasteiger partial charge in [-0.3, -0.25) is 15.0 Å². The second-order valence-corrected chi connectivity index (χ2v) is 7.01. The number of nitro benzene ring substituents is 1. The van der Waals surface area contributed by atoms with Gasteiger partial charge in [0.05, 0.1) is 18.1 Å². The van der Waals surface area contributed by atoms with E-state index in [-0.39, 0.29) is 10.6 Å². The summed E-state index contributed by atoms with van der Waals surface area (Å²) in [7, 11) is 0. The summed E-state index contributed by atoms with van der Waals surface area (Å²) in [5, 5.41) is 14.9. The zero-order chi connectivity index (χ0) is 20.9. The van der Waals surface area contributed by atoms with Gasteiger partial charge in [-0.05, 0) is 43.3 Å². The van der Waals surface area contributed by atoms with Gasteiger partial charge < -0.3 is 14.2 Å². The molecule has 0 amide bonds. The molecule has 1 saturated heterocycles. The van der Waals surface area contributed by atoms with Crippen molar-refractivity contribution in [3.63, 3.8) is 0 Å². The van der Waals surface area contributed by atoms with E-state index >= 15 is 0 Å². The average molecular weight is 409 g/mol. The number of non-ortho nitro benzene ring substituents is 1. The standard InChI is InChI=1S/C21H23N5O4/c1-2-29-19-9-3-16(4-10-19)21-22-20(30-23-21)15-24-11-13-25(14-12-24)17-5-7-18(8-6-17)26(27)28/h3-10H,2,11-15H2,1H3. The molecule has 1 aliphatic rings. The molecule has 4 rings (SSSR count). The van der Waals surface area contributed by atoms with Crippen molar-refractivity contribution in [2.24, 2.45) is 0 Å². The van der Waals surface area contributed by atoms with Crippen molar-refractivity contribution in [2.45, 2.75) is 13.5 Å². The smallest absolute Gasteiger partial charge is 0.269 e.